The Labute approximate surface area is 142 Å². The summed E-state index contributed by atoms with van der Waals surface area (Å²) in [6.07, 6.45) is 3.08. The molecule has 9 heteroatoms. The van der Waals surface area contributed by atoms with Crippen molar-refractivity contribution in [3.8, 4) is 0 Å². The maximum Gasteiger partial charge on any atom is 0.355 e. The van der Waals surface area contributed by atoms with Crippen LogP contribution < -0.4 is 11.2 Å². The third-order valence-electron chi connectivity index (χ3n) is 2.73. The molecule has 0 amide bonds. The molecule has 1 aromatic heterocycles. The minimum absolute atomic E-state index is 0.0216. The van der Waals surface area contributed by atoms with E-state index in [4.69, 9.17) is 21.1 Å². The highest BCUT2D eigenvalue weighted by Gasteiger charge is 2.20. The van der Waals surface area contributed by atoms with Crippen LogP contribution >= 0.6 is 11.6 Å². The van der Waals surface area contributed by atoms with Gasteiger partial charge in [-0.05, 0) is 13.8 Å². The summed E-state index contributed by atoms with van der Waals surface area (Å²) < 4.78 is 11.1. The Bertz CT molecular complexity index is 790. The van der Waals surface area contributed by atoms with Crippen LogP contribution in [0.3, 0.4) is 0 Å². The highest BCUT2D eigenvalue weighted by atomic mass is 35.5. The topological polar surface area (TPSA) is 96.6 Å². The number of carbonyl (C=O) groups is 2. The smallest absolute Gasteiger partial charge is 0.355 e. The highest BCUT2D eigenvalue weighted by molar-refractivity contribution is 6.30. The van der Waals surface area contributed by atoms with Crippen LogP contribution in [-0.2, 0) is 25.6 Å². The van der Waals surface area contributed by atoms with E-state index in [1.165, 1.54) is 6.08 Å². The maximum absolute atomic E-state index is 12.4. The van der Waals surface area contributed by atoms with Crippen molar-refractivity contribution in [2.75, 3.05) is 13.2 Å². The predicted octanol–water partition coefficient (Wildman–Crippen LogP) is 0.817. The Balaban J connectivity index is 3.62. The lowest BCUT2D eigenvalue weighted by molar-refractivity contribution is -0.139. The molecular weight excluding hydrogens is 340 g/mol. The molecule has 0 N–H and O–H groups in total. The van der Waals surface area contributed by atoms with E-state index in [2.05, 4.69) is 6.58 Å². The zero-order chi connectivity index (χ0) is 18.3. The van der Waals surface area contributed by atoms with Gasteiger partial charge in [0.05, 0.1) is 19.3 Å². The molecule has 1 heterocycles. The summed E-state index contributed by atoms with van der Waals surface area (Å²) in [5, 5.41) is -0.310. The minimum atomic E-state index is -0.937. The van der Waals surface area contributed by atoms with Crippen molar-refractivity contribution in [3.63, 3.8) is 0 Å². The van der Waals surface area contributed by atoms with E-state index in [-0.39, 0.29) is 24.8 Å². The van der Waals surface area contributed by atoms with Gasteiger partial charge in [0.15, 0.2) is 0 Å². The van der Waals surface area contributed by atoms with Crippen LogP contribution in [0.4, 0.5) is 0 Å². The van der Waals surface area contributed by atoms with E-state index in [1.54, 1.807) is 13.8 Å². The maximum atomic E-state index is 12.4. The molecule has 8 nitrogen and oxygen atoms in total. The summed E-state index contributed by atoms with van der Waals surface area (Å²) in [5.41, 5.74) is -2.02. The van der Waals surface area contributed by atoms with Crippen molar-refractivity contribution in [1.82, 2.24) is 9.13 Å². The molecule has 0 aliphatic rings. The fraction of sp³-hybridized carbons (Fsp3) is 0.333. The number of carbonyl (C=O) groups excluding carboxylic acids is 2. The van der Waals surface area contributed by atoms with E-state index in [0.29, 0.717) is 0 Å². The molecule has 0 spiro atoms. The Kier molecular flexibility index (Phi) is 7.19. The number of halogens is 1. The summed E-state index contributed by atoms with van der Waals surface area (Å²) in [6.45, 7) is 6.58. The quantitative estimate of drug-likeness (QED) is 0.407. The first-order valence-corrected chi connectivity index (χ1v) is 7.43. The summed E-state index contributed by atoms with van der Waals surface area (Å²) in [6, 6.07) is 0. The number of nitrogens with zero attached hydrogens (tertiary/aromatic N) is 2. The van der Waals surface area contributed by atoms with Crippen LogP contribution in [0.15, 0.2) is 34.5 Å². The molecule has 0 aliphatic heterocycles. The molecule has 130 valence electrons. The van der Waals surface area contributed by atoms with Gasteiger partial charge in [0, 0.05) is 12.7 Å². The lowest BCUT2D eigenvalue weighted by atomic mass is 10.3. The van der Waals surface area contributed by atoms with Gasteiger partial charge in [0.2, 0.25) is 0 Å². The zero-order valence-electron chi connectivity index (χ0n) is 13.3. The van der Waals surface area contributed by atoms with Gasteiger partial charge < -0.3 is 9.47 Å². The average Bonchev–Trinajstić information content (AvgIpc) is 2.53. The lowest BCUT2D eigenvalue weighted by Crippen LogP contribution is -2.40. The van der Waals surface area contributed by atoms with Gasteiger partial charge in [-0.2, -0.15) is 0 Å². The van der Waals surface area contributed by atoms with Gasteiger partial charge in [-0.1, -0.05) is 17.7 Å². The number of hydrogen-bond donors (Lipinski definition) is 0. The van der Waals surface area contributed by atoms with Crippen molar-refractivity contribution >= 4 is 29.2 Å². The molecule has 24 heavy (non-hydrogen) atoms. The molecule has 0 unspecified atom stereocenters. The largest absolute Gasteiger partial charge is 0.463 e. The molecular formula is C15H17ClN2O6. The van der Waals surface area contributed by atoms with Gasteiger partial charge in [0.25, 0.3) is 5.56 Å². The van der Waals surface area contributed by atoms with Crippen molar-refractivity contribution in [2.24, 2.45) is 0 Å². The molecule has 0 bridgehead atoms. The first-order chi connectivity index (χ1) is 11.4. The molecule has 0 saturated carbocycles. The van der Waals surface area contributed by atoms with E-state index in [1.807, 2.05) is 0 Å². The second kappa shape index (κ2) is 8.88. The normalized spacial score (nSPS) is 11.0. The fourth-order valence-corrected chi connectivity index (χ4v) is 1.96. The molecule has 0 aliphatic carbocycles. The van der Waals surface area contributed by atoms with Crippen LogP contribution in [0, 0.1) is 0 Å². The molecule has 1 rings (SSSR count). The molecule has 1 aromatic rings. The first kappa shape index (κ1) is 19.4. The van der Waals surface area contributed by atoms with E-state index in [0.717, 1.165) is 21.4 Å². The number of allylic oxidation sites excluding steroid dienone is 1. The number of ether oxygens (including phenoxy) is 2. The van der Waals surface area contributed by atoms with Crippen LogP contribution in [0.5, 0.6) is 0 Å². The predicted molar refractivity (Wildman–Crippen MR) is 87.7 cm³/mol. The van der Waals surface area contributed by atoms with Crippen LogP contribution in [-0.4, -0.2) is 34.3 Å². The molecule has 0 aromatic carbocycles. The van der Waals surface area contributed by atoms with E-state index < -0.39 is 28.9 Å². The lowest BCUT2D eigenvalue weighted by Gasteiger charge is -2.12. The Morgan fingerprint density at radius 2 is 1.88 bits per heavy atom. The van der Waals surface area contributed by atoms with Gasteiger partial charge >= 0.3 is 17.6 Å². The van der Waals surface area contributed by atoms with E-state index in [9.17, 15) is 19.2 Å². The Morgan fingerprint density at radius 3 is 2.42 bits per heavy atom. The monoisotopic (exact) mass is 356 g/mol. The molecule has 0 fully saturated rings. The highest BCUT2D eigenvalue weighted by Crippen LogP contribution is 2.08. The minimum Gasteiger partial charge on any atom is -0.463 e. The third kappa shape index (κ3) is 4.45. The summed E-state index contributed by atoms with van der Waals surface area (Å²) in [7, 11) is 0. The van der Waals surface area contributed by atoms with Crippen molar-refractivity contribution in [2.45, 2.75) is 20.4 Å². The summed E-state index contributed by atoms with van der Waals surface area (Å²) >= 11 is 5.83. The third-order valence-corrected chi connectivity index (χ3v) is 2.99. The van der Waals surface area contributed by atoms with E-state index >= 15 is 0 Å². The van der Waals surface area contributed by atoms with Crippen molar-refractivity contribution in [1.29, 1.82) is 0 Å². The average molecular weight is 357 g/mol. The molecule has 0 atom stereocenters. The number of esters is 2. The number of aromatic nitrogens is 2. The van der Waals surface area contributed by atoms with Gasteiger partial charge in [0.1, 0.15) is 10.7 Å². The fourth-order valence-electron chi connectivity index (χ4n) is 1.76. The second-order valence-corrected chi connectivity index (χ2v) is 4.74. The Hall–Kier alpha value is -2.61. The SMILES string of the molecule is C=CCn1c(=O)c(Cl)cn(/C(=C\C(=O)OCC)C(=O)OCC)c1=O. The zero-order valence-corrected chi connectivity index (χ0v) is 14.0. The van der Waals surface area contributed by atoms with Crippen LogP contribution in [0.25, 0.3) is 5.70 Å². The first-order valence-electron chi connectivity index (χ1n) is 7.06. The molecule has 0 radical (unpaired) electrons. The van der Waals surface area contributed by atoms with Crippen LogP contribution in [0.1, 0.15) is 13.8 Å². The summed E-state index contributed by atoms with van der Waals surface area (Å²) in [4.78, 5) is 48.1. The van der Waals surface area contributed by atoms with Crippen molar-refractivity contribution in [3.05, 3.63) is 50.8 Å². The molecule has 0 saturated heterocycles. The number of hydrogen-bond acceptors (Lipinski definition) is 6. The standard InChI is InChI=1S/C15H17ClN2O6/c1-4-7-17-13(20)10(16)9-18(15(17)22)11(14(21)24-6-3)8-12(19)23-5-2/h4,8-9H,1,5-7H2,2-3H3/b11-8-. The Morgan fingerprint density at radius 1 is 1.25 bits per heavy atom. The van der Waals surface area contributed by atoms with Crippen LogP contribution in [0.2, 0.25) is 5.02 Å². The summed E-state index contributed by atoms with van der Waals surface area (Å²) in [5.74, 6) is -1.78. The van der Waals surface area contributed by atoms with Gasteiger partial charge in [-0.15, -0.1) is 6.58 Å². The van der Waals surface area contributed by atoms with Crippen molar-refractivity contribution < 1.29 is 19.1 Å². The number of rotatable bonds is 7. The second-order valence-electron chi connectivity index (χ2n) is 4.34. The van der Waals surface area contributed by atoms with Gasteiger partial charge in [-0.3, -0.25) is 13.9 Å². The van der Waals surface area contributed by atoms with Gasteiger partial charge in [-0.25, -0.2) is 14.4 Å².